The zero-order valence-corrected chi connectivity index (χ0v) is 16.7. The van der Waals surface area contributed by atoms with Crippen molar-refractivity contribution >= 4 is 28.5 Å². The first-order valence-electron chi connectivity index (χ1n) is 9.82. The average Bonchev–Trinajstić information content (AvgIpc) is 3.18. The number of benzene rings is 1. The summed E-state index contributed by atoms with van der Waals surface area (Å²) in [4.78, 5) is 33.6. The number of ether oxygens (including phenoxy) is 1. The second-order valence-electron chi connectivity index (χ2n) is 7.51. The number of carbonyl (C=O) groups is 2. The fourth-order valence-electron chi connectivity index (χ4n) is 3.65. The third-order valence-corrected chi connectivity index (χ3v) is 5.25. The third kappa shape index (κ3) is 4.72. The van der Waals surface area contributed by atoms with Crippen molar-refractivity contribution in [3.8, 4) is 5.75 Å². The molecule has 160 valence electrons. The number of nitrogens with zero attached hydrogens (tertiary/aromatic N) is 3. The highest BCUT2D eigenvalue weighted by molar-refractivity contribution is 5.94. The lowest BCUT2D eigenvalue weighted by molar-refractivity contribution is -0.139. The normalized spacial score (nSPS) is 18.2. The van der Waals surface area contributed by atoms with E-state index in [2.05, 4.69) is 20.2 Å². The van der Waals surface area contributed by atoms with Crippen LogP contribution in [0.4, 0.5) is 5.69 Å². The molecule has 1 aliphatic rings. The predicted octanol–water partition coefficient (Wildman–Crippen LogP) is 1.46. The predicted molar refractivity (Wildman–Crippen MR) is 113 cm³/mol. The number of carboxylic acids is 1. The van der Waals surface area contributed by atoms with Crippen molar-refractivity contribution in [1.29, 1.82) is 0 Å². The van der Waals surface area contributed by atoms with Crippen LogP contribution in [0, 0.1) is 0 Å². The second kappa shape index (κ2) is 8.57. The van der Waals surface area contributed by atoms with Crippen molar-refractivity contribution in [3.05, 3.63) is 60.6 Å². The average molecular weight is 422 g/mol. The van der Waals surface area contributed by atoms with Gasteiger partial charge in [-0.05, 0) is 42.8 Å². The Hall–Kier alpha value is -3.72. The van der Waals surface area contributed by atoms with E-state index in [0.29, 0.717) is 30.8 Å². The minimum absolute atomic E-state index is 0.112. The smallest absolute Gasteiger partial charge is 0.341 e. The summed E-state index contributed by atoms with van der Waals surface area (Å²) in [5, 5.41) is 23.3. The lowest BCUT2D eigenvalue weighted by Gasteiger charge is -2.25. The summed E-state index contributed by atoms with van der Waals surface area (Å²) < 4.78 is 5.06. The number of aliphatic hydroxyl groups is 1. The Kier molecular flexibility index (Phi) is 5.68. The van der Waals surface area contributed by atoms with Gasteiger partial charge >= 0.3 is 5.97 Å². The number of hydrogen-bond acceptors (Lipinski definition) is 7. The van der Waals surface area contributed by atoms with E-state index in [-0.39, 0.29) is 12.5 Å². The largest absolute Gasteiger partial charge is 0.482 e. The molecule has 0 aliphatic carbocycles. The third-order valence-electron chi connectivity index (χ3n) is 5.25. The van der Waals surface area contributed by atoms with Gasteiger partial charge in [0.05, 0.1) is 5.52 Å². The minimum Gasteiger partial charge on any atom is -0.482 e. The summed E-state index contributed by atoms with van der Waals surface area (Å²) in [5.41, 5.74) is 1.13. The Morgan fingerprint density at radius 3 is 2.74 bits per heavy atom. The molecule has 3 heterocycles. The zero-order valence-electron chi connectivity index (χ0n) is 16.7. The minimum atomic E-state index is -1.07. The molecule has 0 spiro atoms. The van der Waals surface area contributed by atoms with Crippen molar-refractivity contribution in [2.45, 2.75) is 12.0 Å². The molecule has 1 aliphatic heterocycles. The summed E-state index contributed by atoms with van der Waals surface area (Å²) in [6.07, 6.45) is 5.71. The Morgan fingerprint density at radius 1 is 1.16 bits per heavy atom. The van der Waals surface area contributed by atoms with Crippen LogP contribution in [0.5, 0.6) is 5.75 Å². The standard InChI is InChI=1S/C22H22N4O5/c27-20(28)12-31-16-3-1-15(2-4-16)21(29)25-13-22(30)7-10-26(14-22)19-6-9-24-18-5-8-23-11-17(18)19/h1-6,8-9,11,30H,7,10,12-14H2,(H,25,29)(H,27,28)/t22-/m0/s1. The van der Waals surface area contributed by atoms with Gasteiger partial charge in [-0.3, -0.25) is 14.8 Å². The first-order chi connectivity index (χ1) is 14.9. The number of rotatable bonds is 7. The van der Waals surface area contributed by atoms with Gasteiger partial charge in [0.2, 0.25) is 0 Å². The number of amides is 1. The van der Waals surface area contributed by atoms with Gasteiger partial charge < -0.3 is 25.2 Å². The SMILES string of the molecule is O=C(O)COc1ccc(C(=O)NC[C@@]2(O)CCN(c3ccnc4ccncc34)C2)cc1. The topological polar surface area (TPSA) is 125 Å². The fraction of sp³-hybridized carbons (Fsp3) is 0.273. The summed E-state index contributed by atoms with van der Waals surface area (Å²) in [6, 6.07) is 9.92. The molecular formula is C22H22N4O5. The number of aromatic nitrogens is 2. The second-order valence-corrected chi connectivity index (χ2v) is 7.51. The van der Waals surface area contributed by atoms with Gasteiger partial charge in [0.25, 0.3) is 5.91 Å². The van der Waals surface area contributed by atoms with E-state index in [1.807, 2.05) is 12.1 Å². The molecule has 0 saturated carbocycles. The van der Waals surface area contributed by atoms with Crippen LogP contribution in [-0.2, 0) is 4.79 Å². The first-order valence-corrected chi connectivity index (χ1v) is 9.82. The van der Waals surface area contributed by atoms with Crippen molar-refractivity contribution < 1.29 is 24.5 Å². The Balaban J connectivity index is 1.36. The highest BCUT2D eigenvalue weighted by Gasteiger charge is 2.37. The summed E-state index contributed by atoms with van der Waals surface area (Å²) >= 11 is 0. The summed E-state index contributed by atoms with van der Waals surface area (Å²) in [7, 11) is 0. The van der Waals surface area contributed by atoms with E-state index < -0.39 is 18.2 Å². The Bertz CT molecular complexity index is 1100. The summed E-state index contributed by atoms with van der Waals surface area (Å²) in [6.45, 7) is 0.692. The number of β-amino-alcohol motifs (C(OH)–C–C–N with tert-alkyl or cyclic N) is 1. The number of pyridine rings is 2. The number of fused-ring (bicyclic) bond motifs is 1. The number of anilines is 1. The Morgan fingerprint density at radius 2 is 1.97 bits per heavy atom. The fourth-order valence-corrected chi connectivity index (χ4v) is 3.65. The molecular weight excluding hydrogens is 400 g/mol. The summed E-state index contributed by atoms with van der Waals surface area (Å²) in [5.74, 6) is -1.03. The van der Waals surface area contributed by atoms with Crippen molar-refractivity contribution in [1.82, 2.24) is 15.3 Å². The number of carbonyl (C=O) groups excluding carboxylic acids is 1. The number of aliphatic carboxylic acids is 1. The lowest BCUT2D eigenvalue weighted by atomic mass is 10.0. The van der Waals surface area contributed by atoms with Crippen LogP contribution in [0.25, 0.3) is 10.9 Å². The van der Waals surface area contributed by atoms with Gasteiger partial charge in [0.15, 0.2) is 6.61 Å². The maximum absolute atomic E-state index is 12.5. The molecule has 1 fully saturated rings. The molecule has 1 atom stereocenters. The quantitative estimate of drug-likeness (QED) is 0.523. The van der Waals surface area contributed by atoms with Crippen LogP contribution in [0.15, 0.2) is 55.0 Å². The maximum atomic E-state index is 12.5. The molecule has 1 aromatic carbocycles. The van der Waals surface area contributed by atoms with Crippen LogP contribution in [0.2, 0.25) is 0 Å². The first kappa shape index (κ1) is 20.5. The molecule has 1 amide bonds. The van der Waals surface area contributed by atoms with Crippen LogP contribution in [0.3, 0.4) is 0 Å². The van der Waals surface area contributed by atoms with E-state index >= 15 is 0 Å². The van der Waals surface area contributed by atoms with Crippen LogP contribution >= 0.6 is 0 Å². The van der Waals surface area contributed by atoms with Gasteiger partial charge in [0.1, 0.15) is 11.4 Å². The highest BCUT2D eigenvalue weighted by atomic mass is 16.5. The van der Waals surface area contributed by atoms with E-state index in [4.69, 9.17) is 9.84 Å². The maximum Gasteiger partial charge on any atom is 0.341 e. The molecule has 2 aromatic heterocycles. The zero-order chi connectivity index (χ0) is 21.8. The van der Waals surface area contributed by atoms with E-state index in [0.717, 1.165) is 16.6 Å². The van der Waals surface area contributed by atoms with Crippen molar-refractivity contribution in [2.75, 3.05) is 31.1 Å². The van der Waals surface area contributed by atoms with Gasteiger partial charge in [-0.25, -0.2) is 4.79 Å². The molecule has 4 rings (SSSR count). The monoisotopic (exact) mass is 422 g/mol. The molecule has 0 radical (unpaired) electrons. The van der Waals surface area contributed by atoms with Gasteiger partial charge in [-0.2, -0.15) is 0 Å². The molecule has 0 unspecified atom stereocenters. The van der Waals surface area contributed by atoms with E-state index in [9.17, 15) is 14.7 Å². The molecule has 1 saturated heterocycles. The van der Waals surface area contributed by atoms with Crippen LogP contribution in [-0.4, -0.2) is 63.9 Å². The number of hydrogen-bond donors (Lipinski definition) is 3. The van der Waals surface area contributed by atoms with Gasteiger partial charge in [-0.15, -0.1) is 0 Å². The van der Waals surface area contributed by atoms with Crippen molar-refractivity contribution in [3.63, 3.8) is 0 Å². The highest BCUT2D eigenvalue weighted by Crippen LogP contribution is 2.31. The molecule has 9 heteroatoms. The van der Waals surface area contributed by atoms with E-state index in [1.54, 1.807) is 30.7 Å². The molecule has 0 bridgehead atoms. The van der Waals surface area contributed by atoms with E-state index in [1.165, 1.54) is 12.1 Å². The van der Waals surface area contributed by atoms with Crippen LogP contribution in [0.1, 0.15) is 16.8 Å². The van der Waals surface area contributed by atoms with Crippen molar-refractivity contribution in [2.24, 2.45) is 0 Å². The van der Waals surface area contributed by atoms with Gasteiger partial charge in [-0.1, -0.05) is 0 Å². The van der Waals surface area contributed by atoms with Gasteiger partial charge in [0, 0.05) is 54.9 Å². The molecule has 9 nitrogen and oxygen atoms in total. The molecule has 31 heavy (non-hydrogen) atoms. The van der Waals surface area contributed by atoms with Crippen LogP contribution < -0.4 is 15.0 Å². The number of carboxylic acid groups (broad SMARTS) is 1. The lowest BCUT2D eigenvalue weighted by Crippen LogP contribution is -2.45. The molecule has 3 N–H and O–H groups in total. The molecule has 3 aromatic rings. The Labute approximate surface area is 178 Å². The number of nitrogens with one attached hydrogen (secondary N) is 1.